The lowest BCUT2D eigenvalue weighted by molar-refractivity contribution is 0.254. The fourth-order valence-electron chi connectivity index (χ4n) is 3.05. The van der Waals surface area contributed by atoms with E-state index in [1.54, 1.807) is 0 Å². The lowest BCUT2D eigenvalue weighted by atomic mass is 9.83. The lowest BCUT2D eigenvalue weighted by Gasteiger charge is -2.30. The van der Waals surface area contributed by atoms with Crippen molar-refractivity contribution in [3.05, 3.63) is 65.2 Å². The molecule has 0 amide bonds. The molecule has 2 heteroatoms. The van der Waals surface area contributed by atoms with Gasteiger partial charge in [0, 0.05) is 12.0 Å². The Kier molecular flexibility index (Phi) is 3.75. The topological polar surface area (TPSA) is 35.2 Å². The lowest BCUT2D eigenvalue weighted by Crippen LogP contribution is -2.34. The Morgan fingerprint density at radius 1 is 1.15 bits per heavy atom. The van der Waals surface area contributed by atoms with Gasteiger partial charge in [-0.3, -0.25) is 0 Å². The predicted octanol–water partition coefficient (Wildman–Crippen LogP) is 3.43. The van der Waals surface area contributed by atoms with Crippen LogP contribution < -0.4 is 10.5 Å². The van der Waals surface area contributed by atoms with Crippen molar-refractivity contribution in [2.75, 3.05) is 6.61 Å². The second-order valence-electron chi connectivity index (χ2n) is 5.58. The first kappa shape index (κ1) is 13.2. The number of nitrogens with two attached hydrogens (primary N) is 1. The molecule has 2 aromatic carbocycles. The molecule has 0 bridgehead atoms. The molecule has 3 rings (SSSR count). The molecule has 2 atom stereocenters. The van der Waals surface area contributed by atoms with Crippen LogP contribution in [-0.4, -0.2) is 12.6 Å². The maximum absolute atomic E-state index is 6.51. The summed E-state index contributed by atoms with van der Waals surface area (Å²) < 4.78 is 5.72. The van der Waals surface area contributed by atoms with Gasteiger partial charge in [-0.1, -0.05) is 42.5 Å². The normalized spacial score (nSPS) is 19.0. The highest BCUT2D eigenvalue weighted by molar-refractivity contribution is 5.39. The molecule has 0 saturated heterocycles. The van der Waals surface area contributed by atoms with Crippen LogP contribution in [0.1, 0.15) is 29.0 Å². The zero-order chi connectivity index (χ0) is 13.9. The van der Waals surface area contributed by atoms with Crippen molar-refractivity contribution in [2.24, 2.45) is 5.73 Å². The molecule has 0 aliphatic carbocycles. The van der Waals surface area contributed by atoms with Gasteiger partial charge in [0.25, 0.3) is 0 Å². The van der Waals surface area contributed by atoms with Crippen LogP contribution in [-0.2, 0) is 6.42 Å². The quantitative estimate of drug-likeness (QED) is 0.924. The van der Waals surface area contributed by atoms with Gasteiger partial charge in [-0.2, -0.15) is 0 Å². The zero-order valence-electron chi connectivity index (χ0n) is 11.9. The number of hydrogen-bond acceptors (Lipinski definition) is 2. The number of hydrogen-bond donors (Lipinski definition) is 1. The molecule has 0 spiro atoms. The highest BCUT2D eigenvalue weighted by atomic mass is 16.5. The Balaban J connectivity index is 1.82. The second kappa shape index (κ2) is 5.68. The van der Waals surface area contributed by atoms with E-state index in [0.29, 0.717) is 5.92 Å². The molecule has 0 saturated carbocycles. The number of ether oxygens (including phenoxy) is 1. The van der Waals surface area contributed by atoms with E-state index in [1.165, 1.54) is 16.7 Å². The second-order valence-corrected chi connectivity index (χ2v) is 5.58. The maximum Gasteiger partial charge on any atom is 0.122 e. The Bertz CT molecular complexity index is 593. The monoisotopic (exact) mass is 267 g/mol. The highest BCUT2D eigenvalue weighted by Crippen LogP contribution is 2.35. The standard InChI is InChI=1S/C18H21NO/c1-13-6-2-3-7-14(13)12-17(19)15-10-11-20-18-9-5-4-8-16(15)18/h2-9,15,17H,10-12,19H2,1H3. The first-order chi connectivity index (χ1) is 9.75. The molecule has 0 aromatic heterocycles. The summed E-state index contributed by atoms with van der Waals surface area (Å²) in [5.74, 6) is 1.39. The summed E-state index contributed by atoms with van der Waals surface area (Å²) in [4.78, 5) is 0. The summed E-state index contributed by atoms with van der Waals surface area (Å²) in [5, 5.41) is 0. The molecular formula is C18H21NO. The van der Waals surface area contributed by atoms with Crippen LogP contribution in [0.5, 0.6) is 5.75 Å². The van der Waals surface area contributed by atoms with Crippen LogP contribution in [0.2, 0.25) is 0 Å². The SMILES string of the molecule is Cc1ccccc1CC(N)C1CCOc2ccccc21. The summed E-state index contributed by atoms with van der Waals surface area (Å²) >= 11 is 0. The van der Waals surface area contributed by atoms with Crippen LogP contribution in [0.25, 0.3) is 0 Å². The summed E-state index contributed by atoms with van der Waals surface area (Å²) in [6.45, 7) is 2.92. The van der Waals surface area contributed by atoms with E-state index >= 15 is 0 Å². The van der Waals surface area contributed by atoms with Crippen molar-refractivity contribution >= 4 is 0 Å². The molecule has 0 fully saturated rings. The van der Waals surface area contributed by atoms with Crippen LogP contribution in [0, 0.1) is 6.92 Å². The molecule has 1 aliphatic rings. The van der Waals surface area contributed by atoms with E-state index in [2.05, 4.69) is 43.3 Å². The Morgan fingerprint density at radius 3 is 2.75 bits per heavy atom. The molecule has 2 nitrogen and oxygen atoms in total. The van der Waals surface area contributed by atoms with E-state index in [9.17, 15) is 0 Å². The van der Waals surface area contributed by atoms with Gasteiger partial charge in [-0.25, -0.2) is 0 Å². The van der Waals surface area contributed by atoms with Gasteiger partial charge >= 0.3 is 0 Å². The van der Waals surface area contributed by atoms with E-state index in [4.69, 9.17) is 10.5 Å². The predicted molar refractivity (Wildman–Crippen MR) is 82.2 cm³/mol. The van der Waals surface area contributed by atoms with Crippen molar-refractivity contribution < 1.29 is 4.74 Å². The molecule has 104 valence electrons. The van der Waals surface area contributed by atoms with Crippen molar-refractivity contribution in [1.82, 2.24) is 0 Å². The average molecular weight is 267 g/mol. The van der Waals surface area contributed by atoms with E-state index in [-0.39, 0.29) is 6.04 Å². The summed E-state index contributed by atoms with van der Waals surface area (Å²) in [5.41, 5.74) is 10.4. The third-order valence-corrected chi connectivity index (χ3v) is 4.24. The number of rotatable bonds is 3. The van der Waals surface area contributed by atoms with Crippen molar-refractivity contribution in [2.45, 2.75) is 31.7 Å². The minimum Gasteiger partial charge on any atom is -0.493 e. The fourth-order valence-corrected chi connectivity index (χ4v) is 3.05. The van der Waals surface area contributed by atoms with Crippen molar-refractivity contribution in [3.63, 3.8) is 0 Å². The molecule has 20 heavy (non-hydrogen) atoms. The minimum absolute atomic E-state index is 0.140. The van der Waals surface area contributed by atoms with Gasteiger partial charge in [0.2, 0.25) is 0 Å². The van der Waals surface area contributed by atoms with E-state index < -0.39 is 0 Å². The van der Waals surface area contributed by atoms with Gasteiger partial charge in [-0.05, 0) is 42.5 Å². The first-order valence-electron chi connectivity index (χ1n) is 7.27. The Hall–Kier alpha value is -1.80. The fraction of sp³-hybridized carbons (Fsp3) is 0.333. The maximum atomic E-state index is 6.51. The molecule has 1 aliphatic heterocycles. The first-order valence-corrected chi connectivity index (χ1v) is 7.27. The highest BCUT2D eigenvalue weighted by Gasteiger charge is 2.26. The van der Waals surface area contributed by atoms with Gasteiger partial charge in [0.05, 0.1) is 6.61 Å². The molecule has 1 heterocycles. The number of fused-ring (bicyclic) bond motifs is 1. The van der Waals surface area contributed by atoms with Gasteiger partial charge < -0.3 is 10.5 Å². The third-order valence-electron chi connectivity index (χ3n) is 4.24. The third kappa shape index (κ3) is 2.56. The molecule has 2 N–H and O–H groups in total. The molecule has 2 unspecified atom stereocenters. The summed E-state index contributed by atoms with van der Waals surface area (Å²) in [6, 6.07) is 16.9. The van der Waals surface area contributed by atoms with Crippen LogP contribution in [0.4, 0.5) is 0 Å². The van der Waals surface area contributed by atoms with Crippen LogP contribution >= 0.6 is 0 Å². The van der Waals surface area contributed by atoms with E-state index in [1.807, 2.05) is 12.1 Å². The van der Waals surface area contributed by atoms with Gasteiger partial charge in [0.15, 0.2) is 0 Å². The van der Waals surface area contributed by atoms with Crippen molar-refractivity contribution in [1.29, 1.82) is 0 Å². The number of benzene rings is 2. The summed E-state index contributed by atoms with van der Waals surface area (Å²) in [7, 11) is 0. The van der Waals surface area contributed by atoms with Crippen LogP contribution in [0.3, 0.4) is 0 Å². The molecule has 2 aromatic rings. The smallest absolute Gasteiger partial charge is 0.122 e. The van der Waals surface area contributed by atoms with Gasteiger partial charge in [0.1, 0.15) is 5.75 Å². The number of para-hydroxylation sites is 1. The van der Waals surface area contributed by atoms with Crippen molar-refractivity contribution in [3.8, 4) is 5.75 Å². The summed E-state index contributed by atoms with van der Waals surface area (Å²) in [6.07, 6.45) is 1.93. The molecular weight excluding hydrogens is 246 g/mol. The minimum atomic E-state index is 0.140. The van der Waals surface area contributed by atoms with Gasteiger partial charge in [-0.15, -0.1) is 0 Å². The Labute approximate surface area is 120 Å². The van der Waals surface area contributed by atoms with Crippen LogP contribution in [0.15, 0.2) is 48.5 Å². The Morgan fingerprint density at radius 2 is 1.90 bits per heavy atom. The zero-order valence-corrected chi connectivity index (χ0v) is 11.9. The van der Waals surface area contributed by atoms with E-state index in [0.717, 1.165) is 25.2 Å². The largest absolute Gasteiger partial charge is 0.493 e. The molecule has 0 radical (unpaired) electrons. The average Bonchev–Trinajstić information content (AvgIpc) is 2.49. The number of aryl methyl sites for hydroxylation is 1.